The summed E-state index contributed by atoms with van der Waals surface area (Å²) in [6.07, 6.45) is 0. The van der Waals surface area contributed by atoms with Crippen LogP contribution in [-0.4, -0.2) is 17.2 Å². The molecule has 0 bridgehead atoms. The molecule has 3 rings (SSSR count). The molecule has 0 aliphatic rings. The molecule has 0 saturated heterocycles. The molecule has 3 heteroatoms. The molecular weight excluding hydrogens is 262 g/mol. The van der Waals surface area contributed by atoms with Gasteiger partial charge in [-0.2, -0.15) is 0 Å². The van der Waals surface area contributed by atoms with Crippen LogP contribution in [-0.2, 0) is 0 Å². The number of pyridine rings is 1. The van der Waals surface area contributed by atoms with Crippen LogP contribution in [0.25, 0.3) is 22.2 Å². The van der Waals surface area contributed by atoms with E-state index in [0.29, 0.717) is 5.75 Å². The molecule has 1 aromatic heterocycles. The first-order valence-corrected chi connectivity index (χ1v) is 6.84. The second-order valence-electron chi connectivity index (χ2n) is 5.21. The van der Waals surface area contributed by atoms with E-state index < -0.39 is 0 Å². The van der Waals surface area contributed by atoms with Crippen molar-refractivity contribution in [3.8, 4) is 22.8 Å². The van der Waals surface area contributed by atoms with Gasteiger partial charge < -0.3 is 9.84 Å². The van der Waals surface area contributed by atoms with Crippen molar-refractivity contribution >= 4 is 10.9 Å². The quantitative estimate of drug-likeness (QED) is 0.763. The van der Waals surface area contributed by atoms with Gasteiger partial charge in [0.15, 0.2) is 0 Å². The zero-order valence-electron chi connectivity index (χ0n) is 12.3. The Kier molecular flexibility index (Phi) is 3.26. The third-order valence-electron chi connectivity index (χ3n) is 3.78. The summed E-state index contributed by atoms with van der Waals surface area (Å²) in [7, 11) is 1.59. The van der Waals surface area contributed by atoms with Crippen molar-refractivity contribution in [3.63, 3.8) is 0 Å². The lowest BCUT2D eigenvalue weighted by atomic mass is 10.0. The summed E-state index contributed by atoms with van der Waals surface area (Å²) in [5.41, 5.74) is 5.19. The first kappa shape index (κ1) is 13.4. The van der Waals surface area contributed by atoms with Crippen LogP contribution in [0.3, 0.4) is 0 Å². The Balaban J connectivity index is 2.18. The number of hydrogen-bond donors (Lipinski definition) is 1. The number of aromatic nitrogens is 1. The molecule has 0 amide bonds. The van der Waals surface area contributed by atoms with E-state index in [9.17, 15) is 5.11 Å². The molecule has 3 aromatic rings. The molecule has 0 aliphatic heterocycles. The normalized spacial score (nSPS) is 10.8. The molecule has 0 spiro atoms. The number of phenolic OH excluding ortho intramolecular Hbond substituents is 1. The fourth-order valence-electron chi connectivity index (χ4n) is 2.42. The maximum atomic E-state index is 9.76. The molecule has 106 valence electrons. The van der Waals surface area contributed by atoms with Crippen molar-refractivity contribution in [2.75, 3.05) is 7.11 Å². The number of aryl methyl sites for hydroxylation is 2. The van der Waals surface area contributed by atoms with E-state index in [4.69, 9.17) is 4.74 Å². The van der Waals surface area contributed by atoms with Gasteiger partial charge in [-0.1, -0.05) is 12.1 Å². The van der Waals surface area contributed by atoms with E-state index in [0.717, 1.165) is 22.2 Å². The molecule has 0 radical (unpaired) electrons. The third-order valence-corrected chi connectivity index (χ3v) is 3.78. The largest absolute Gasteiger partial charge is 0.508 e. The van der Waals surface area contributed by atoms with Crippen molar-refractivity contribution in [1.82, 2.24) is 4.98 Å². The van der Waals surface area contributed by atoms with E-state index in [2.05, 4.69) is 37.0 Å². The minimum Gasteiger partial charge on any atom is -0.508 e. The highest BCUT2D eigenvalue weighted by Crippen LogP contribution is 2.31. The minimum absolute atomic E-state index is 0.157. The predicted molar refractivity (Wildman–Crippen MR) is 84.9 cm³/mol. The summed E-state index contributed by atoms with van der Waals surface area (Å²) in [6.45, 7) is 4.19. The van der Waals surface area contributed by atoms with Gasteiger partial charge in [0.2, 0.25) is 0 Å². The molecule has 21 heavy (non-hydrogen) atoms. The summed E-state index contributed by atoms with van der Waals surface area (Å²) in [5.74, 6) is 0.785. The number of fused-ring (bicyclic) bond motifs is 1. The molecule has 1 heterocycles. The molecule has 0 aliphatic carbocycles. The summed E-state index contributed by atoms with van der Waals surface area (Å²) in [6, 6.07) is 13.5. The number of methoxy groups -OCH3 is 1. The van der Waals surface area contributed by atoms with Gasteiger partial charge >= 0.3 is 0 Å². The van der Waals surface area contributed by atoms with Crippen LogP contribution in [0.15, 0.2) is 42.5 Å². The van der Waals surface area contributed by atoms with E-state index in [-0.39, 0.29) is 5.75 Å². The van der Waals surface area contributed by atoms with Crippen LogP contribution in [0.5, 0.6) is 11.5 Å². The first-order valence-electron chi connectivity index (χ1n) is 6.84. The van der Waals surface area contributed by atoms with E-state index in [1.807, 2.05) is 12.1 Å². The topological polar surface area (TPSA) is 42.4 Å². The lowest BCUT2D eigenvalue weighted by molar-refractivity contribution is 0.412. The fourth-order valence-corrected chi connectivity index (χ4v) is 2.42. The van der Waals surface area contributed by atoms with Gasteiger partial charge in [-0.3, -0.25) is 0 Å². The molecule has 0 unspecified atom stereocenters. The SMILES string of the molecule is COc1cc(O)cc2nc(-c3ccc(C)c(C)c3)ccc12. The van der Waals surface area contributed by atoms with Crippen molar-refractivity contribution in [2.24, 2.45) is 0 Å². The summed E-state index contributed by atoms with van der Waals surface area (Å²) in [4.78, 5) is 4.65. The summed E-state index contributed by atoms with van der Waals surface area (Å²) >= 11 is 0. The number of rotatable bonds is 2. The maximum Gasteiger partial charge on any atom is 0.131 e. The van der Waals surface area contributed by atoms with Gasteiger partial charge in [0, 0.05) is 23.1 Å². The van der Waals surface area contributed by atoms with Crippen LogP contribution in [0, 0.1) is 13.8 Å². The molecule has 1 N–H and O–H groups in total. The van der Waals surface area contributed by atoms with Crippen molar-refractivity contribution in [2.45, 2.75) is 13.8 Å². The standard InChI is InChI=1S/C18H17NO2/c1-11-4-5-13(8-12(11)2)16-7-6-15-17(19-16)9-14(20)10-18(15)21-3/h4-10,20H,1-3H3. The van der Waals surface area contributed by atoms with E-state index in [1.165, 1.54) is 11.1 Å². The number of nitrogens with zero attached hydrogens (tertiary/aromatic N) is 1. The first-order chi connectivity index (χ1) is 10.1. The van der Waals surface area contributed by atoms with E-state index >= 15 is 0 Å². The lowest BCUT2D eigenvalue weighted by Crippen LogP contribution is -1.90. The van der Waals surface area contributed by atoms with Gasteiger partial charge in [-0.05, 0) is 43.2 Å². The Morgan fingerprint density at radius 1 is 0.952 bits per heavy atom. The lowest BCUT2D eigenvalue weighted by Gasteiger charge is -2.09. The van der Waals surface area contributed by atoms with Crippen LogP contribution < -0.4 is 4.74 Å². The van der Waals surface area contributed by atoms with Gasteiger partial charge in [-0.15, -0.1) is 0 Å². The molecular formula is C18H17NO2. The average molecular weight is 279 g/mol. The summed E-state index contributed by atoms with van der Waals surface area (Å²) in [5, 5.41) is 10.7. The molecule has 0 atom stereocenters. The van der Waals surface area contributed by atoms with Crippen LogP contribution in [0.4, 0.5) is 0 Å². The Bertz CT molecular complexity index is 825. The highest BCUT2D eigenvalue weighted by Gasteiger charge is 2.08. The van der Waals surface area contributed by atoms with Gasteiger partial charge in [0.05, 0.1) is 18.3 Å². The highest BCUT2D eigenvalue weighted by atomic mass is 16.5. The molecule has 3 nitrogen and oxygen atoms in total. The highest BCUT2D eigenvalue weighted by molar-refractivity contribution is 5.88. The minimum atomic E-state index is 0.157. The Morgan fingerprint density at radius 3 is 2.48 bits per heavy atom. The number of hydrogen-bond acceptors (Lipinski definition) is 3. The predicted octanol–water partition coefficient (Wildman–Crippen LogP) is 4.23. The van der Waals surface area contributed by atoms with Gasteiger partial charge in [0.1, 0.15) is 11.5 Å². The van der Waals surface area contributed by atoms with Crippen LogP contribution >= 0.6 is 0 Å². The van der Waals surface area contributed by atoms with Gasteiger partial charge in [0.25, 0.3) is 0 Å². The Morgan fingerprint density at radius 2 is 1.76 bits per heavy atom. The van der Waals surface area contributed by atoms with Crippen molar-refractivity contribution in [1.29, 1.82) is 0 Å². The number of ether oxygens (including phenoxy) is 1. The average Bonchev–Trinajstić information content (AvgIpc) is 2.48. The smallest absolute Gasteiger partial charge is 0.131 e. The summed E-state index contributed by atoms with van der Waals surface area (Å²) < 4.78 is 5.29. The second kappa shape index (κ2) is 5.09. The van der Waals surface area contributed by atoms with Crippen molar-refractivity contribution in [3.05, 3.63) is 53.6 Å². The Labute approximate surface area is 123 Å². The van der Waals surface area contributed by atoms with E-state index in [1.54, 1.807) is 19.2 Å². The number of aromatic hydroxyl groups is 1. The molecule has 2 aromatic carbocycles. The monoisotopic (exact) mass is 279 g/mol. The zero-order chi connectivity index (χ0) is 15.0. The maximum absolute atomic E-state index is 9.76. The number of phenols is 1. The number of benzene rings is 2. The van der Waals surface area contributed by atoms with Crippen LogP contribution in [0.2, 0.25) is 0 Å². The van der Waals surface area contributed by atoms with Crippen molar-refractivity contribution < 1.29 is 9.84 Å². The molecule has 0 saturated carbocycles. The molecule has 0 fully saturated rings. The van der Waals surface area contributed by atoms with Gasteiger partial charge in [-0.25, -0.2) is 4.98 Å². The Hall–Kier alpha value is -2.55. The fraction of sp³-hybridized carbons (Fsp3) is 0.167. The zero-order valence-corrected chi connectivity index (χ0v) is 12.3. The second-order valence-corrected chi connectivity index (χ2v) is 5.21. The third kappa shape index (κ3) is 2.42. The van der Waals surface area contributed by atoms with Crippen LogP contribution in [0.1, 0.15) is 11.1 Å².